The molecule has 2 aliphatic rings. The highest BCUT2D eigenvalue weighted by Gasteiger charge is 2.21. The van der Waals surface area contributed by atoms with Crippen molar-refractivity contribution < 1.29 is 9.59 Å². The zero-order valence-electron chi connectivity index (χ0n) is 17.1. The van der Waals surface area contributed by atoms with E-state index < -0.39 is 0 Å². The second-order valence-electron chi connectivity index (χ2n) is 6.70. The van der Waals surface area contributed by atoms with Crippen molar-refractivity contribution in [1.29, 1.82) is 0 Å². The fourth-order valence-electron chi connectivity index (χ4n) is 3.94. The largest absolute Gasteiger partial charge is 0.307 e. The standard InChI is InChI=1S/C10H10O.C10H20.C2H6.CH2O/c1-7-2-4-9-8(6-7)3-5-10(9)11;1-3-9-7-5-6-8-10(9)4-2;2*1-2/h2,4,6H,3,5H2,1H3;9-10H,3-8H2,1-2H3;1-2H3;1H2/t;9-,10?;;/m.0../s1. The van der Waals surface area contributed by atoms with Crippen LogP contribution in [0.1, 0.15) is 94.1 Å². The van der Waals surface area contributed by atoms with Crippen molar-refractivity contribution in [3.63, 3.8) is 0 Å². The summed E-state index contributed by atoms with van der Waals surface area (Å²) >= 11 is 0. The van der Waals surface area contributed by atoms with Gasteiger partial charge in [-0.25, -0.2) is 0 Å². The van der Waals surface area contributed by atoms with Gasteiger partial charge in [0.25, 0.3) is 0 Å². The molecule has 0 amide bonds. The lowest BCUT2D eigenvalue weighted by molar-refractivity contribution is -0.0980. The molecule has 0 bridgehead atoms. The monoisotopic (exact) mass is 346 g/mol. The van der Waals surface area contributed by atoms with Crippen molar-refractivity contribution in [3.8, 4) is 0 Å². The summed E-state index contributed by atoms with van der Waals surface area (Å²) in [5.74, 6) is 2.44. The van der Waals surface area contributed by atoms with E-state index in [-0.39, 0.29) is 0 Å². The van der Waals surface area contributed by atoms with Gasteiger partial charge in [0.2, 0.25) is 0 Å². The van der Waals surface area contributed by atoms with Gasteiger partial charge < -0.3 is 4.79 Å². The van der Waals surface area contributed by atoms with E-state index in [0.29, 0.717) is 12.2 Å². The summed E-state index contributed by atoms with van der Waals surface area (Å²) in [7, 11) is 0. The van der Waals surface area contributed by atoms with Crippen molar-refractivity contribution in [1.82, 2.24) is 0 Å². The maximum atomic E-state index is 11.2. The minimum atomic E-state index is 0.306. The topological polar surface area (TPSA) is 34.1 Å². The predicted molar refractivity (Wildman–Crippen MR) is 108 cm³/mol. The van der Waals surface area contributed by atoms with Gasteiger partial charge in [0.1, 0.15) is 6.79 Å². The Hall–Kier alpha value is -1.44. The van der Waals surface area contributed by atoms with E-state index in [1.54, 1.807) is 0 Å². The van der Waals surface area contributed by atoms with Gasteiger partial charge in [-0.15, -0.1) is 0 Å². The van der Waals surface area contributed by atoms with E-state index in [2.05, 4.69) is 26.8 Å². The van der Waals surface area contributed by atoms with Crippen molar-refractivity contribution in [2.45, 2.75) is 86.0 Å². The number of fused-ring (bicyclic) bond motifs is 1. The number of carbonyl (C=O) groups excluding carboxylic acids is 2. The number of Topliss-reactive ketones (excluding diaryl/α,β-unsaturated/α-hetero) is 1. The Balaban J connectivity index is 0.000000387. The third-order valence-electron chi connectivity index (χ3n) is 5.30. The molecule has 1 unspecified atom stereocenters. The molecule has 0 saturated heterocycles. The number of rotatable bonds is 2. The number of carbonyl (C=O) groups is 2. The number of hydrogen-bond donors (Lipinski definition) is 0. The Morgan fingerprint density at radius 2 is 1.48 bits per heavy atom. The normalized spacial score (nSPS) is 20.8. The van der Waals surface area contributed by atoms with E-state index in [0.717, 1.165) is 23.8 Å². The molecule has 0 spiro atoms. The van der Waals surface area contributed by atoms with E-state index in [9.17, 15) is 4.79 Å². The zero-order valence-corrected chi connectivity index (χ0v) is 17.1. The lowest BCUT2D eigenvalue weighted by atomic mass is 9.77. The van der Waals surface area contributed by atoms with Gasteiger partial charge in [0.05, 0.1) is 0 Å². The van der Waals surface area contributed by atoms with Crippen LogP contribution in [-0.2, 0) is 11.2 Å². The lowest BCUT2D eigenvalue weighted by Crippen LogP contribution is -2.17. The van der Waals surface area contributed by atoms with E-state index in [1.165, 1.54) is 49.7 Å². The second kappa shape index (κ2) is 13.8. The summed E-state index contributed by atoms with van der Waals surface area (Å²) in [6.45, 7) is 12.8. The van der Waals surface area contributed by atoms with Crippen molar-refractivity contribution >= 4 is 12.6 Å². The van der Waals surface area contributed by atoms with Crippen LogP contribution in [0.15, 0.2) is 18.2 Å². The maximum absolute atomic E-state index is 11.2. The molecule has 0 heterocycles. The molecular weight excluding hydrogens is 308 g/mol. The van der Waals surface area contributed by atoms with Gasteiger partial charge >= 0.3 is 0 Å². The smallest absolute Gasteiger partial charge is 0.163 e. The van der Waals surface area contributed by atoms with Gasteiger partial charge in [-0.3, -0.25) is 4.79 Å². The zero-order chi connectivity index (χ0) is 19.2. The van der Waals surface area contributed by atoms with Crippen LogP contribution < -0.4 is 0 Å². The van der Waals surface area contributed by atoms with Crippen LogP contribution in [0.25, 0.3) is 0 Å². The van der Waals surface area contributed by atoms with Crippen LogP contribution in [0.3, 0.4) is 0 Å². The SMILES string of the molecule is C=O.CC.CCC1CCCC[C@@H]1CC.Cc1ccc2c(c1)CCC2=O. The fourth-order valence-corrected chi connectivity index (χ4v) is 3.94. The molecule has 1 saturated carbocycles. The van der Waals surface area contributed by atoms with Crippen LogP contribution in [-0.4, -0.2) is 12.6 Å². The molecule has 2 aliphatic carbocycles. The third kappa shape index (κ3) is 7.54. The first-order valence-electron chi connectivity index (χ1n) is 10.1. The molecule has 142 valence electrons. The Kier molecular flexibility index (Phi) is 13.0. The molecule has 3 rings (SSSR count). The molecule has 1 aromatic carbocycles. The summed E-state index contributed by atoms with van der Waals surface area (Å²) in [6, 6.07) is 6.06. The number of benzene rings is 1. The summed E-state index contributed by atoms with van der Waals surface area (Å²) in [4.78, 5) is 19.2. The molecule has 0 aromatic heterocycles. The molecule has 0 aliphatic heterocycles. The minimum absolute atomic E-state index is 0.306. The summed E-state index contributed by atoms with van der Waals surface area (Å²) in [5.41, 5.74) is 3.42. The van der Waals surface area contributed by atoms with Crippen molar-refractivity contribution in [2.24, 2.45) is 11.8 Å². The number of ketones is 1. The Morgan fingerprint density at radius 1 is 0.960 bits per heavy atom. The average Bonchev–Trinajstić information content (AvgIpc) is 3.05. The van der Waals surface area contributed by atoms with Gasteiger partial charge in [-0.2, -0.15) is 0 Å². The third-order valence-corrected chi connectivity index (χ3v) is 5.30. The quantitative estimate of drug-likeness (QED) is 0.606. The van der Waals surface area contributed by atoms with Gasteiger partial charge in [-0.05, 0) is 30.7 Å². The number of hydrogen-bond acceptors (Lipinski definition) is 2. The first-order chi connectivity index (χ1) is 12.2. The summed E-state index contributed by atoms with van der Waals surface area (Å²) in [6.07, 6.45) is 10.5. The van der Waals surface area contributed by atoms with Crippen molar-refractivity contribution in [3.05, 3.63) is 34.9 Å². The highest BCUT2D eigenvalue weighted by molar-refractivity contribution is 6.00. The summed E-state index contributed by atoms with van der Waals surface area (Å²) < 4.78 is 0. The second-order valence-corrected chi connectivity index (χ2v) is 6.70. The molecule has 2 nitrogen and oxygen atoms in total. The van der Waals surface area contributed by atoms with Gasteiger partial charge in [0, 0.05) is 12.0 Å². The van der Waals surface area contributed by atoms with Crippen LogP contribution in [0.4, 0.5) is 0 Å². The highest BCUT2D eigenvalue weighted by atomic mass is 16.1. The molecule has 2 atom stereocenters. The summed E-state index contributed by atoms with van der Waals surface area (Å²) in [5, 5.41) is 0. The first kappa shape index (κ1) is 23.6. The van der Waals surface area contributed by atoms with Crippen LogP contribution in [0.2, 0.25) is 0 Å². The van der Waals surface area contributed by atoms with Gasteiger partial charge in [-0.1, -0.05) is 90.0 Å². The van der Waals surface area contributed by atoms with E-state index >= 15 is 0 Å². The lowest BCUT2D eigenvalue weighted by Gasteiger charge is -2.29. The Bertz CT molecular complexity index is 481. The maximum Gasteiger partial charge on any atom is 0.163 e. The predicted octanol–water partition coefficient (Wildman–Crippen LogP) is 6.58. The molecule has 0 N–H and O–H groups in total. The van der Waals surface area contributed by atoms with Crippen LogP contribution >= 0.6 is 0 Å². The van der Waals surface area contributed by atoms with E-state index in [1.807, 2.05) is 32.8 Å². The fraction of sp³-hybridized carbons (Fsp3) is 0.652. The molecular formula is C23H38O2. The number of aryl methyl sites for hydroxylation is 2. The van der Waals surface area contributed by atoms with Crippen LogP contribution in [0.5, 0.6) is 0 Å². The van der Waals surface area contributed by atoms with Gasteiger partial charge in [0.15, 0.2) is 5.78 Å². The van der Waals surface area contributed by atoms with Crippen LogP contribution in [0, 0.1) is 18.8 Å². The molecule has 2 heteroatoms. The first-order valence-corrected chi connectivity index (χ1v) is 10.1. The average molecular weight is 347 g/mol. The van der Waals surface area contributed by atoms with E-state index in [4.69, 9.17) is 4.79 Å². The molecule has 1 fully saturated rings. The Labute approximate surface area is 155 Å². The van der Waals surface area contributed by atoms with Crippen molar-refractivity contribution in [2.75, 3.05) is 0 Å². The highest BCUT2D eigenvalue weighted by Crippen LogP contribution is 2.33. The molecule has 25 heavy (non-hydrogen) atoms. The molecule has 1 aromatic rings. The minimum Gasteiger partial charge on any atom is -0.307 e. The Morgan fingerprint density at radius 3 is 1.96 bits per heavy atom. The molecule has 0 radical (unpaired) electrons.